The minimum Gasteiger partial charge on any atom is -0.490 e. The van der Waals surface area contributed by atoms with Crippen molar-refractivity contribution in [2.45, 2.75) is 83.6 Å². The molecule has 0 radical (unpaired) electrons. The number of halogens is 1. The molecule has 1 saturated carbocycles. The van der Waals surface area contributed by atoms with Gasteiger partial charge in [-0.25, -0.2) is 19.2 Å². The van der Waals surface area contributed by atoms with Crippen molar-refractivity contribution in [2.24, 2.45) is 5.41 Å². The van der Waals surface area contributed by atoms with Gasteiger partial charge in [-0.2, -0.15) is 0 Å². The maximum atomic E-state index is 15.4. The second-order valence-corrected chi connectivity index (χ2v) is 14.3. The van der Waals surface area contributed by atoms with Crippen LogP contribution >= 0.6 is 0 Å². The molecular formula is C35H43FN4O5. The molecule has 1 N–H and O–H groups in total. The smallest absolute Gasteiger partial charge is 0.407 e. The van der Waals surface area contributed by atoms with Crippen LogP contribution in [0.25, 0.3) is 0 Å². The lowest BCUT2D eigenvalue weighted by atomic mass is 9.78. The maximum absolute atomic E-state index is 15.4. The Balaban J connectivity index is 1.02. The van der Waals surface area contributed by atoms with Crippen LogP contribution in [0.3, 0.4) is 0 Å². The van der Waals surface area contributed by atoms with Gasteiger partial charge in [0.15, 0.2) is 11.6 Å². The van der Waals surface area contributed by atoms with Crippen molar-refractivity contribution in [3.63, 3.8) is 0 Å². The summed E-state index contributed by atoms with van der Waals surface area (Å²) >= 11 is 0. The summed E-state index contributed by atoms with van der Waals surface area (Å²) < 4.78 is 38.4. The van der Waals surface area contributed by atoms with E-state index in [1.54, 1.807) is 6.92 Å². The van der Waals surface area contributed by atoms with Crippen LogP contribution in [0, 0.1) is 11.2 Å². The highest BCUT2D eigenvalue weighted by Gasteiger charge is 2.50. The minimum atomic E-state index is -0.585. The highest BCUT2D eigenvalue weighted by atomic mass is 19.1. The molecule has 3 aromatic rings. The van der Waals surface area contributed by atoms with Gasteiger partial charge in [0.25, 0.3) is 0 Å². The van der Waals surface area contributed by atoms with Crippen molar-refractivity contribution >= 4 is 11.9 Å². The van der Waals surface area contributed by atoms with E-state index < -0.39 is 11.9 Å². The van der Waals surface area contributed by atoms with E-state index in [4.69, 9.17) is 18.9 Å². The largest absolute Gasteiger partial charge is 0.490 e. The van der Waals surface area contributed by atoms with Crippen LogP contribution in [0.2, 0.25) is 0 Å². The molecule has 9 nitrogen and oxygen atoms in total. The topological polar surface area (TPSA) is 95.0 Å². The zero-order chi connectivity index (χ0) is 32.0. The Bertz CT molecular complexity index is 1500. The van der Waals surface area contributed by atoms with Gasteiger partial charge >= 0.3 is 6.09 Å². The second-order valence-electron chi connectivity index (χ2n) is 14.3. The number of alkyl carbamates (subject to hydrolysis) is 1. The molecule has 2 aromatic carbocycles. The number of hydrogen-bond acceptors (Lipinski definition) is 8. The molecule has 1 aliphatic carbocycles. The molecule has 6 rings (SSSR count). The number of carbonyl (C=O) groups excluding carboxylic acids is 1. The fourth-order valence-electron chi connectivity index (χ4n) is 6.08. The number of nitrogens with one attached hydrogen (secondary N) is 1. The van der Waals surface area contributed by atoms with Crippen LogP contribution in [0.4, 0.5) is 15.0 Å². The van der Waals surface area contributed by atoms with Gasteiger partial charge in [-0.05, 0) is 63.1 Å². The third-order valence-electron chi connectivity index (χ3n) is 8.92. The van der Waals surface area contributed by atoms with Crippen LogP contribution < -0.4 is 19.7 Å². The van der Waals surface area contributed by atoms with Gasteiger partial charge in [-0.15, -0.1) is 0 Å². The van der Waals surface area contributed by atoms with Crippen LogP contribution in [0.1, 0.15) is 77.3 Å². The van der Waals surface area contributed by atoms with Gasteiger partial charge in [0.05, 0.1) is 18.6 Å². The Morgan fingerprint density at radius 2 is 1.56 bits per heavy atom. The van der Waals surface area contributed by atoms with Crippen LogP contribution in [-0.4, -0.2) is 60.1 Å². The summed E-state index contributed by atoms with van der Waals surface area (Å²) in [6, 6.07) is 16.0. The summed E-state index contributed by atoms with van der Waals surface area (Å²) in [5.41, 5.74) is 2.07. The molecule has 3 heterocycles. The average Bonchev–Trinajstić information content (AvgIpc) is 2.90. The summed E-state index contributed by atoms with van der Waals surface area (Å²) in [5.74, 6) is 1.33. The molecule has 2 saturated heterocycles. The number of anilines is 1. The highest BCUT2D eigenvalue weighted by Crippen LogP contribution is 2.41. The molecule has 3 aliphatic rings. The fraction of sp³-hybridized carbons (Fsp3) is 0.514. The molecule has 10 heteroatoms. The number of aromatic nitrogens is 2. The lowest BCUT2D eigenvalue weighted by Gasteiger charge is -2.55. The summed E-state index contributed by atoms with van der Waals surface area (Å²) in [5, 5.41) is 2.82. The summed E-state index contributed by atoms with van der Waals surface area (Å²) in [4.78, 5) is 22.3. The van der Waals surface area contributed by atoms with E-state index in [9.17, 15) is 4.79 Å². The third kappa shape index (κ3) is 6.71. The third-order valence-corrected chi connectivity index (χ3v) is 8.92. The van der Waals surface area contributed by atoms with Gasteiger partial charge in [0.2, 0.25) is 0 Å². The standard InChI is InChI=1S/C35H43FN4O5/c1-22(30-29(36)31(38-21-37-30)40-17-35(18-40)19-42-20-35)43-25-11-7-23(8-12-25)34(5,6)24-9-13-26(14-10-24)44-27-15-28(16-27)45-32(41)39-33(2,3)4/h7-14,21-22,27-28H,15-20H2,1-6H3,(H,39,41). The van der Waals surface area contributed by atoms with Crippen molar-refractivity contribution in [2.75, 3.05) is 31.2 Å². The van der Waals surface area contributed by atoms with Crippen LogP contribution in [-0.2, 0) is 14.9 Å². The Kier molecular flexibility index (Phi) is 8.14. The number of rotatable bonds is 9. The summed E-state index contributed by atoms with van der Waals surface area (Å²) in [6.45, 7) is 14.9. The lowest BCUT2D eigenvalue weighted by Crippen LogP contribution is -2.66. The van der Waals surface area contributed by atoms with Gasteiger partial charge in [0, 0.05) is 36.9 Å². The zero-order valence-electron chi connectivity index (χ0n) is 26.9. The van der Waals surface area contributed by atoms with Crippen molar-refractivity contribution in [1.82, 2.24) is 15.3 Å². The van der Waals surface area contributed by atoms with E-state index in [1.807, 2.05) is 62.1 Å². The molecule has 240 valence electrons. The normalized spacial score (nSPS) is 21.2. The Labute approximate surface area is 264 Å². The molecule has 1 unspecified atom stereocenters. The Morgan fingerprint density at radius 1 is 0.956 bits per heavy atom. The van der Waals surface area contributed by atoms with E-state index in [-0.39, 0.29) is 40.4 Å². The summed E-state index contributed by atoms with van der Waals surface area (Å²) in [7, 11) is 0. The van der Waals surface area contributed by atoms with Crippen molar-refractivity contribution in [1.29, 1.82) is 0 Å². The predicted molar refractivity (Wildman–Crippen MR) is 168 cm³/mol. The number of amides is 1. The van der Waals surface area contributed by atoms with Gasteiger partial charge in [-0.3, -0.25) is 0 Å². The predicted octanol–water partition coefficient (Wildman–Crippen LogP) is 6.35. The molecule has 2 aliphatic heterocycles. The first-order valence-electron chi connectivity index (χ1n) is 15.7. The van der Waals surface area contributed by atoms with Crippen molar-refractivity contribution in [3.8, 4) is 11.5 Å². The first-order chi connectivity index (χ1) is 21.3. The van der Waals surface area contributed by atoms with E-state index in [0.29, 0.717) is 24.4 Å². The number of nitrogens with zero attached hydrogens (tertiary/aromatic N) is 3. The number of benzene rings is 2. The lowest BCUT2D eigenvalue weighted by molar-refractivity contribution is -0.127. The van der Waals surface area contributed by atoms with Crippen molar-refractivity contribution in [3.05, 3.63) is 77.5 Å². The van der Waals surface area contributed by atoms with E-state index in [2.05, 4.69) is 41.3 Å². The molecule has 1 amide bonds. The average molecular weight is 619 g/mol. The van der Waals surface area contributed by atoms with E-state index in [0.717, 1.165) is 43.2 Å². The Hall–Kier alpha value is -3.92. The molecule has 1 aromatic heterocycles. The molecular weight excluding hydrogens is 575 g/mol. The molecule has 1 atom stereocenters. The summed E-state index contributed by atoms with van der Waals surface area (Å²) in [6.07, 6.45) is 1.70. The van der Waals surface area contributed by atoms with Gasteiger partial charge in [0.1, 0.15) is 41.8 Å². The fourth-order valence-corrected chi connectivity index (χ4v) is 6.08. The molecule has 1 spiro atoms. The van der Waals surface area contributed by atoms with Crippen LogP contribution in [0.5, 0.6) is 11.5 Å². The monoisotopic (exact) mass is 618 g/mol. The molecule has 45 heavy (non-hydrogen) atoms. The van der Waals surface area contributed by atoms with Gasteiger partial charge in [-0.1, -0.05) is 38.1 Å². The molecule has 3 fully saturated rings. The first kappa shape index (κ1) is 31.1. The maximum Gasteiger partial charge on any atom is 0.407 e. The zero-order valence-corrected chi connectivity index (χ0v) is 26.9. The Morgan fingerprint density at radius 3 is 2.11 bits per heavy atom. The van der Waals surface area contributed by atoms with Crippen molar-refractivity contribution < 1.29 is 28.1 Å². The second kappa shape index (κ2) is 11.8. The van der Waals surface area contributed by atoms with E-state index in [1.165, 1.54) is 6.33 Å². The first-order valence-corrected chi connectivity index (χ1v) is 15.7. The SMILES string of the molecule is CC(Oc1ccc(C(C)(C)c2ccc(OC3CC(OC(=O)NC(C)(C)C)C3)cc2)cc1)c1ncnc(N2CC3(COC3)C2)c1F. The quantitative estimate of drug-likeness (QED) is 0.296. The highest BCUT2D eigenvalue weighted by molar-refractivity contribution is 5.68. The number of ether oxygens (including phenoxy) is 4. The van der Waals surface area contributed by atoms with Gasteiger partial charge < -0.3 is 29.2 Å². The number of hydrogen-bond donors (Lipinski definition) is 1. The number of carbonyl (C=O) groups is 1. The van der Waals surface area contributed by atoms with E-state index >= 15 is 4.39 Å². The van der Waals surface area contributed by atoms with Crippen LogP contribution in [0.15, 0.2) is 54.9 Å². The molecule has 0 bridgehead atoms. The minimum absolute atomic E-state index is 0.0268.